The number of anilines is 2. The number of carbonyl (C=O) groups excluding carboxylic acids is 1. The van der Waals surface area contributed by atoms with Crippen LogP contribution in [0.1, 0.15) is 21.5 Å². The van der Waals surface area contributed by atoms with E-state index in [4.69, 9.17) is 9.47 Å². The van der Waals surface area contributed by atoms with Crippen LogP contribution in [-0.4, -0.2) is 55.8 Å². The fourth-order valence-corrected chi connectivity index (χ4v) is 4.61. The molecular weight excluding hydrogens is 508 g/mol. The number of rotatable bonds is 4. The van der Waals surface area contributed by atoms with E-state index < -0.39 is 34.6 Å². The molecule has 1 aromatic heterocycles. The number of alkyl halides is 3. The maximum absolute atomic E-state index is 15.6. The Bertz CT molecular complexity index is 1430. The molecule has 2 aliphatic rings. The van der Waals surface area contributed by atoms with Crippen molar-refractivity contribution in [2.45, 2.75) is 12.8 Å². The van der Waals surface area contributed by atoms with Gasteiger partial charge in [-0.05, 0) is 30.8 Å². The second kappa shape index (κ2) is 10.1. The lowest BCUT2D eigenvalue weighted by atomic mass is 9.97. The normalized spacial score (nSPS) is 16.1. The summed E-state index contributed by atoms with van der Waals surface area (Å²) in [6, 6.07) is 8.13. The lowest BCUT2D eigenvalue weighted by Gasteiger charge is -2.35. The molecule has 3 aromatic rings. The molecule has 1 amide bonds. The number of nitrogens with one attached hydrogen (secondary N) is 2. The molecule has 12 heteroatoms. The Morgan fingerprint density at radius 2 is 1.84 bits per heavy atom. The third-order valence-electron chi connectivity index (χ3n) is 6.62. The number of hydrogen-bond acceptors (Lipinski definition) is 6. The molecule has 2 aromatic carbocycles. The van der Waals surface area contributed by atoms with E-state index in [1.807, 2.05) is 11.9 Å². The number of aromatic amines is 1. The number of H-pyrrole nitrogens is 1. The van der Waals surface area contributed by atoms with Crippen molar-refractivity contribution >= 4 is 17.3 Å². The summed E-state index contributed by atoms with van der Waals surface area (Å²) in [6.07, 6.45) is -4.21. The zero-order valence-corrected chi connectivity index (χ0v) is 20.3. The first-order valence-corrected chi connectivity index (χ1v) is 11.8. The zero-order valence-electron chi connectivity index (χ0n) is 20.3. The van der Waals surface area contributed by atoms with Crippen LogP contribution in [0.4, 0.5) is 28.9 Å². The predicted molar refractivity (Wildman–Crippen MR) is 132 cm³/mol. The fourth-order valence-electron chi connectivity index (χ4n) is 4.61. The number of likely N-dealkylation sites (N-methyl/N-ethyl adjacent to an activating group) is 1. The van der Waals surface area contributed by atoms with Crippen molar-refractivity contribution in [3.63, 3.8) is 0 Å². The highest BCUT2D eigenvalue weighted by molar-refractivity contribution is 6.07. The van der Waals surface area contributed by atoms with E-state index in [0.717, 1.165) is 6.20 Å². The minimum atomic E-state index is -4.93. The molecule has 0 spiro atoms. The predicted octanol–water partition coefficient (Wildman–Crippen LogP) is 4.07. The first kappa shape index (κ1) is 25.7. The summed E-state index contributed by atoms with van der Waals surface area (Å²) in [5.41, 5.74) is -1.44. The minimum absolute atomic E-state index is 0.0588. The molecule has 0 saturated carbocycles. The van der Waals surface area contributed by atoms with Gasteiger partial charge in [-0.15, -0.1) is 0 Å². The zero-order chi connectivity index (χ0) is 27.0. The molecule has 0 aliphatic carbocycles. The maximum atomic E-state index is 15.6. The van der Waals surface area contributed by atoms with E-state index in [1.165, 1.54) is 12.1 Å². The van der Waals surface area contributed by atoms with Crippen LogP contribution in [-0.2, 0) is 17.5 Å². The van der Waals surface area contributed by atoms with E-state index in [0.29, 0.717) is 54.8 Å². The molecule has 38 heavy (non-hydrogen) atoms. The molecule has 0 radical (unpaired) electrons. The molecule has 1 saturated heterocycles. The van der Waals surface area contributed by atoms with Gasteiger partial charge in [0, 0.05) is 49.6 Å². The Morgan fingerprint density at radius 3 is 2.58 bits per heavy atom. The standard InChI is InChI=1S/C26H24F4N4O4/c1-33-5-7-34(8-6-33)22-11-20(27)16(15-3-2-4-23-18(15)13-37-14-38-23)9-21(22)32-25(36)17-12-31-24(35)10-19(17)26(28,29)30/h2-4,9-12H,5-8,13-14H2,1H3,(H,31,35)(H,32,36). The highest BCUT2D eigenvalue weighted by atomic mass is 19.4. The van der Waals surface area contributed by atoms with Crippen LogP contribution in [0.5, 0.6) is 5.75 Å². The third-order valence-corrected chi connectivity index (χ3v) is 6.62. The average Bonchev–Trinajstić information content (AvgIpc) is 2.89. The quantitative estimate of drug-likeness (QED) is 0.493. The van der Waals surface area contributed by atoms with Crippen molar-refractivity contribution in [1.29, 1.82) is 0 Å². The summed E-state index contributed by atoms with van der Waals surface area (Å²) in [5, 5.41) is 2.54. The van der Waals surface area contributed by atoms with E-state index in [2.05, 4.69) is 15.2 Å². The summed E-state index contributed by atoms with van der Waals surface area (Å²) in [7, 11) is 1.95. The van der Waals surface area contributed by atoms with Crippen molar-refractivity contribution in [3.05, 3.63) is 75.5 Å². The number of piperazine rings is 1. The van der Waals surface area contributed by atoms with Gasteiger partial charge in [-0.25, -0.2) is 4.39 Å². The monoisotopic (exact) mass is 532 g/mol. The number of nitrogens with zero attached hydrogens (tertiary/aromatic N) is 2. The van der Waals surface area contributed by atoms with Crippen LogP contribution in [0.3, 0.4) is 0 Å². The van der Waals surface area contributed by atoms with Gasteiger partial charge in [-0.1, -0.05) is 12.1 Å². The van der Waals surface area contributed by atoms with Crippen molar-refractivity contribution in [2.24, 2.45) is 0 Å². The maximum Gasteiger partial charge on any atom is 0.417 e. The van der Waals surface area contributed by atoms with E-state index in [9.17, 15) is 22.8 Å². The summed E-state index contributed by atoms with van der Waals surface area (Å²) in [4.78, 5) is 30.8. The molecule has 1 fully saturated rings. The topological polar surface area (TPSA) is 86.9 Å². The average molecular weight is 532 g/mol. The fraction of sp³-hybridized carbons (Fsp3) is 0.308. The van der Waals surface area contributed by atoms with E-state index >= 15 is 4.39 Å². The van der Waals surface area contributed by atoms with Gasteiger partial charge in [0.1, 0.15) is 11.6 Å². The van der Waals surface area contributed by atoms with Crippen molar-refractivity contribution in [2.75, 3.05) is 50.2 Å². The Balaban J connectivity index is 1.60. The molecule has 0 unspecified atom stereocenters. The van der Waals surface area contributed by atoms with Crippen molar-refractivity contribution < 1.29 is 31.8 Å². The number of ether oxygens (including phenoxy) is 2. The molecule has 5 rings (SSSR count). The molecule has 2 aliphatic heterocycles. The SMILES string of the molecule is CN1CCN(c2cc(F)c(-c3cccc4c3COCO4)cc2NC(=O)c2c[nH]c(=O)cc2C(F)(F)F)CC1. The molecule has 8 nitrogen and oxygen atoms in total. The van der Waals surface area contributed by atoms with E-state index in [1.54, 1.807) is 18.2 Å². The van der Waals surface area contributed by atoms with Crippen LogP contribution in [0.15, 0.2) is 47.4 Å². The largest absolute Gasteiger partial charge is 0.467 e. The smallest absolute Gasteiger partial charge is 0.417 e. The number of hydrogen-bond donors (Lipinski definition) is 2. The van der Waals surface area contributed by atoms with Crippen molar-refractivity contribution in [1.82, 2.24) is 9.88 Å². The van der Waals surface area contributed by atoms with Gasteiger partial charge >= 0.3 is 6.18 Å². The first-order valence-electron chi connectivity index (χ1n) is 11.8. The lowest BCUT2D eigenvalue weighted by molar-refractivity contribution is -0.138. The summed E-state index contributed by atoms with van der Waals surface area (Å²) in [6.45, 7) is 2.63. The molecule has 3 heterocycles. The van der Waals surface area contributed by atoms with Crippen LogP contribution in [0.25, 0.3) is 11.1 Å². The van der Waals surface area contributed by atoms with Crippen LogP contribution in [0.2, 0.25) is 0 Å². The highest BCUT2D eigenvalue weighted by Gasteiger charge is 2.36. The second-order valence-corrected chi connectivity index (χ2v) is 9.11. The van der Waals surface area contributed by atoms with Crippen LogP contribution < -0.4 is 20.5 Å². The van der Waals surface area contributed by atoms with Gasteiger partial charge in [-0.3, -0.25) is 9.59 Å². The Morgan fingerprint density at radius 1 is 1.08 bits per heavy atom. The van der Waals surface area contributed by atoms with Gasteiger partial charge in [0.2, 0.25) is 5.56 Å². The second-order valence-electron chi connectivity index (χ2n) is 9.11. The van der Waals surface area contributed by atoms with E-state index in [-0.39, 0.29) is 24.7 Å². The van der Waals surface area contributed by atoms with Gasteiger partial charge in [0.05, 0.1) is 29.1 Å². The number of amides is 1. The number of fused-ring (bicyclic) bond motifs is 1. The Kier molecular flexibility index (Phi) is 6.84. The lowest BCUT2D eigenvalue weighted by Crippen LogP contribution is -2.44. The first-order chi connectivity index (χ1) is 18.1. The summed E-state index contributed by atoms with van der Waals surface area (Å²) in [5.74, 6) is -1.14. The van der Waals surface area contributed by atoms with Gasteiger partial charge < -0.3 is 29.6 Å². The van der Waals surface area contributed by atoms with Crippen LogP contribution in [0, 0.1) is 5.82 Å². The number of aromatic nitrogens is 1. The number of halogens is 4. The van der Waals surface area contributed by atoms with Gasteiger partial charge in [0.15, 0.2) is 6.79 Å². The molecule has 200 valence electrons. The molecule has 0 atom stereocenters. The highest BCUT2D eigenvalue weighted by Crippen LogP contribution is 2.40. The van der Waals surface area contributed by atoms with Crippen LogP contribution >= 0.6 is 0 Å². The minimum Gasteiger partial charge on any atom is -0.467 e. The Labute approximate surface area is 214 Å². The Hall–Kier alpha value is -3.90. The number of benzene rings is 2. The summed E-state index contributed by atoms with van der Waals surface area (Å²) >= 11 is 0. The van der Waals surface area contributed by atoms with Gasteiger partial charge in [0.25, 0.3) is 5.91 Å². The third kappa shape index (κ3) is 5.09. The molecule has 2 N–H and O–H groups in total. The molecular formula is C26H24F4N4O4. The van der Waals surface area contributed by atoms with Crippen molar-refractivity contribution in [3.8, 4) is 16.9 Å². The van der Waals surface area contributed by atoms with Gasteiger partial charge in [-0.2, -0.15) is 13.2 Å². The summed E-state index contributed by atoms with van der Waals surface area (Å²) < 4.78 is 67.3. The number of carbonyl (C=O) groups is 1. The molecule has 0 bridgehead atoms. The number of pyridine rings is 1.